The zero-order valence-corrected chi connectivity index (χ0v) is 17.6. The van der Waals surface area contributed by atoms with Crippen molar-refractivity contribution in [1.29, 1.82) is 0 Å². The second-order valence-corrected chi connectivity index (χ2v) is 7.55. The first-order chi connectivity index (χ1) is 14.7. The standard InChI is InChI=1S/C23H29N5O2/c1-3-30-21-12-7-6-11-20(21)24-22(29)17(2)27-13-8-14-28(16-15-27)23-25-18-9-4-5-10-19(18)26-23/h4-7,9-12,17H,3,8,13-16H2,1-2H3,(H,24,29)(H,25,26). The number of benzene rings is 2. The van der Waals surface area contributed by atoms with Crippen LogP contribution in [0.5, 0.6) is 5.75 Å². The second-order valence-electron chi connectivity index (χ2n) is 7.55. The molecule has 1 fully saturated rings. The largest absolute Gasteiger partial charge is 0.492 e. The van der Waals surface area contributed by atoms with Gasteiger partial charge in [-0.05, 0) is 44.5 Å². The molecule has 0 bridgehead atoms. The fourth-order valence-electron chi connectivity index (χ4n) is 3.88. The zero-order chi connectivity index (χ0) is 20.9. The van der Waals surface area contributed by atoms with Gasteiger partial charge < -0.3 is 19.9 Å². The number of fused-ring (bicyclic) bond motifs is 1. The number of rotatable bonds is 6. The number of H-pyrrole nitrogens is 1. The summed E-state index contributed by atoms with van der Waals surface area (Å²) in [5.74, 6) is 1.59. The van der Waals surface area contributed by atoms with Gasteiger partial charge in [0.05, 0.1) is 29.4 Å². The Morgan fingerprint density at radius 1 is 1.13 bits per heavy atom. The highest BCUT2D eigenvalue weighted by molar-refractivity contribution is 5.95. The van der Waals surface area contributed by atoms with Gasteiger partial charge in [0, 0.05) is 26.2 Å². The maximum atomic E-state index is 12.9. The van der Waals surface area contributed by atoms with Crippen molar-refractivity contribution >= 4 is 28.6 Å². The number of para-hydroxylation sites is 4. The molecule has 1 aliphatic rings. The number of carbonyl (C=O) groups is 1. The molecule has 1 aromatic heterocycles. The molecule has 2 aromatic carbocycles. The van der Waals surface area contributed by atoms with Crippen molar-refractivity contribution < 1.29 is 9.53 Å². The number of carbonyl (C=O) groups excluding carboxylic acids is 1. The number of imidazole rings is 1. The van der Waals surface area contributed by atoms with E-state index >= 15 is 0 Å². The van der Waals surface area contributed by atoms with Crippen molar-refractivity contribution in [1.82, 2.24) is 14.9 Å². The van der Waals surface area contributed by atoms with E-state index in [-0.39, 0.29) is 11.9 Å². The van der Waals surface area contributed by atoms with E-state index in [1.54, 1.807) is 0 Å². The molecule has 0 spiro atoms. The molecule has 158 valence electrons. The molecular weight excluding hydrogens is 378 g/mol. The summed E-state index contributed by atoms with van der Waals surface area (Å²) in [6.45, 7) is 7.88. The molecule has 7 heteroatoms. The third kappa shape index (κ3) is 4.41. The van der Waals surface area contributed by atoms with Crippen LogP contribution in [0.3, 0.4) is 0 Å². The Hall–Kier alpha value is -3.06. The van der Waals surface area contributed by atoms with Crippen LogP contribution in [-0.2, 0) is 4.79 Å². The van der Waals surface area contributed by atoms with E-state index in [0.717, 1.165) is 55.3 Å². The van der Waals surface area contributed by atoms with Gasteiger partial charge in [-0.15, -0.1) is 0 Å². The Bertz CT molecular complexity index is 969. The summed E-state index contributed by atoms with van der Waals surface area (Å²) in [5, 5.41) is 3.04. The molecular formula is C23H29N5O2. The maximum absolute atomic E-state index is 12.9. The van der Waals surface area contributed by atoms with Crippen molar-refractivity contribution in [2.24, 2.45) is 0 Å². The van der Waals surface area contributed by atoms with Crippen molar-refractivity contribution in [2.75, 3.05) is 43.0 Å². The van der Waals surface area contributed by atoms with Crippen LogP contribution in [0.25, 0.3) is 11.0 Å². The van der Waals surface area contributed by atoms with Gasteiger partial charge in [0.25, 0.3) is 0 Å². The number of anilines is 2. The summed E-state index contributed by atoms with van der Waals surface area (Å²) >= 11 is 0. The smallest absolute Gasteiger partial charge is 0.241 e. The van der Waals surface area contributed by atoms with Crippen LogP contribution >= 0.6 is 0 Å². The molecule has 2 heterocycles. The SMILES string of the molecule is CCOc1ccccc1NC(=O)C(C)N1CCCN(c2nc3ccccc3[nH]2)CC1. The molecule has 30 heavy (non-hydrogen) atoms. The van der Waals surface area contributed by atoms with E-state index in [1.165, 1.54) is 0 Å². The first kappa shape index (κ1) is 20.2. The quantitative estimate of drug-likeness (QED) is 0.654. The number of hydrogen-bond donors (Lipinski definition) is 2. The van der Waals surface area contributed by atoms with Crippen molar-refractivity contribution in [3.63, 3.8) is 0 Å². The molecule has 4 rings (SSSR count). The lowest BCUT2D eigenvalue weighted by Gasteiger charge is -2.27. The normalized spacial score (nSPS) is 16.3. The van der Waals surface area contributed by atoms with E-state index in [4.69, 9.17) is 9.72 Å². The summed E-state index contributed by atoms with van der Waals surface area (Å²) in [6, 6.07) is 15.4. The van der Waals surface area contributed by atoms with Crippen LogP contribution < -0.4 is 15.0 Å². The number of nitrogens with zero attached hydrogens (tertiary/aromatic N) is 3. The summed E-state index contributed by atoms with van der Waals surface area (Å²) in [4.78, 5) is 25.6. The summed E-state index contributed by atoms with van der Waals surface area (Å²) in [5.41, 5.74) is 2.75. The minimum atomic E-state index is -0.227. The third-order valence-corrected chi connectivity index (χ3v) is 5.58. The summed E-state index contributed by atoms with van der Waals surface area (Å²) in [7, 11) is 0. The van der Waals surface area contributed by atoms with Gasteiger partial charge in [-0.3, -0.25) is 9.69 Å². The van der Waals surface area contributed by atoms with Gasteiger partial charge >= 0.3 is 0 Å². The molecule has 2 N–H and O–H groups in total. The fraction of sp³-hybridized carbons (Fsp3) is 0.391. The van der Waals surface area contributed by atoms with Crippen molar-refractivity contribution in [3.8, 4) is 5.75 Å². The van der Waals surface area contributed by atoms with Gasteiger partial charge in [-0.2, -0.15) is 0 Å². The van der Waals surface area contributed by atoms with E-state index in [9.17, 15) is 4.79 Å². The van der Waals surface area contributed by atoms with Crippen LogP contribution in [0, 0.1) is 0 Å². The summed E-state index contributed by atoms with van der Waals surface area (Å²) in [6.07, 6.45) is 0.976. The van der Waals surface area contributed by atoms with Crippen LogP contribution in [-0.4, -0.2) is 59.6 Å². The average Bonchev–Trinajstić information content (AvgIpc) is 3.04. The Morgan fingerprint density at radius 3 is 2.77 bits per heavy atom. The minimum Gasteiger partial charge on any atom is -0.492 e. The molecule has 0 radical (unpaired) electrons. The highest BCUT2D eigenvalue weighted by Crippen LogP contribution is 2.24. The first-order valence-corrected chi connectivity index (χ1v) is 10.6. The van der Waals surface area contributed by atoms with Gasteiger partial charge in [0.15, 0.2) is 0 Å². The lowest BCUT2D eigenvalue weighted by atomic mass is 10.2. The topological polar surface area (TPSA) is 73.5 Å². The van der Waals surface area contributed by atoms with E-state index in [2.05, 4.69) is 20.1 Å². The van der Waals surface area contributed by atoms with Gasteiger partial charge in [-0.25, -0.2) is 4.98 Å². The Morgan fingerprint density at radius 2 is 1.93 bits per heavy atom. The Labute approximate surface area is 177 Å². The predicted molar refractivity (Wildman–Crippen MR) is 120 cm³/mol. The summed E-state index contributed by atoms with van der Waals surface area (Å²) < 4.78 is 5.63. The van der Waals surface area contributed by atoms with Crippen LogP contribution in [0.2, 0.25) is 0 Å². The van der Waals surface area contributed by atoms with Gasteiger partial charge in [0.2, 0.25) is 11.9 Å². The fourth-order valence-corrected chi connectivity index (χ4v) is 3.88. The molecule has 0 aliphatic carbocycles. The lowest BCUT2D eigenvalue weighted by molar-refractivity contribution is -0.120. The number of ether oxygens (including phenoxy) is 1. The Kier molecular flexibility index (Phi) is 6.18. The minimum absolute atomic E-state index is 0.0145. The average molecular weight is 408 g/mol. The van der Waals surface area contributed by atoms with Gasteiger partial charge in [0.1, 0.15) is 5.75 Å². The number of hydrogen-bond acceptors (Lipinski definition) is 5. The molecule has 1 atom stereocenters. The van der Waals surface area contributed by atoms with E-state index < -0.39 is 0 Å². The number of aromatic nitrogens is 2. The highest BCUT2D eigenvalue weighted by Gasteiger charge is 2.25. The lowest BCUT2D eigenvalue weighted by Crippen LogP contribution is -2.44. The van der Waals surface area contributed by atoms with Crippen LogP contribution in [0.1, 0.15) is 20.3 Å². The zero-order valence-electron chi connectivity index (χ0n) is 17.6. The molecule has 3 aromatic rings. The third-order valence-electron chi connectivity index (χ3n) is 5.58. The first-order valence-electron chi connectivity index (χ1n) is 10.6. The van der Waals surface area contributed by atoms with Gasteiger partial charge in [-0.1, -0.05) is 24.3 Å². The number of amides is 1. The second kappa shape index (κ2) is 9.17. The molecule has 1 aliphatic heterocycles. The highest BCUT2D eigenvalue weighted by atomic mass is 16.5. The monoisotopic (exact) mass is 407 g/mol. The van der Waals surface area contributed by atoms with E-state index in [0.29, 0.717) is 12.4 Å². The molecule has 1 saturated heterocycles. The maximum Gasteiger partial charge on any atom is 0.241 e. The van der Waals surface area contributed by atoms with Crippen LogP contribution in [0.15, 0.2) is 48.5 Å². The number of nitrogens with one attached hydrogen (secondary N) is 2. The van der Waals surface area contributed by atoms with Crippen molar-refractivity contribution in [2.45, 2.75) is 26.3 Å². The van der Waals surface area contributed by atoms with Crippen molar-refractivity contribution in [3.05, 3.63) is 48.5 Å². The molecule has 1 unspecified atom stereocenters. The van der Waals surface area contributed by atoms with E-state index in [1.807, 2.05) is 62.4 Å². The molecule has 1 amide bonds. The van der Waals surface area contributed by atoms with Crippen LogP contribution in [0.4, 0.5) is 11.6 Å². The molecule has 0 saturated carbocycles. The Balaban J connectivity index is 1.39. The number of aromatic amines is 1. The predicted octanol–water partition coefficient (Wildman–Crippen LogP) is 3.50. The molecule has 7 nitrogen and oxygen atoms in total.